The summed E-state index contributed by atoms with van der Waals surface area (Å²) in [6.07, 6.45) is 3.56. The molecular weight excluding hydrogens is 138 g/mol. The van der Waals surface area contributed by atoms with Crippen molar-refractivity contribution in [3.8, 4) is 6.07 Å². The number of hydrogen-bond acceptors (Lipinski definition) is 2. The largest absolute Gasteiger partial charge is 0.321 e. The van der Waals surface area contributed by atoms with Gasteiger partial charge in [0.15, 0.2) is 0 Å². The van der Waals surface area contributed by atoms with Gasteiger partial charge < -0.3 is 4.57 Å². The molecule has 3 nitrogen and oxygen atoms in total. The molecule has 0 bridgehead atoms. The van der Waals surface area contributed by atoms with Gasteiger partial charge in [0.25, 0.3) is 0 Å². The quantitative estimate of drug-likeness (QED) is 0.639. The first-order chi connectivity index (χ1) is 5.25. The first kappa shape index (κ1) is 7.80. The standard InChI is InChI=1S/C8H11N3/c1-7(2)8-10-4-6-11(8)5-3-9/h4,6-7H,5H2,1-2H3. The third-order valence-corrected chi connectivity index (χ3v) is 1.51. The minimum atomic E-state index is 0.387. The fraction of sp³-hybridized carbons (Fsp3) is 0.500. The van der Waals surface area contributed by atoms with Crippen molar-refractivity contribution < 1.29 is 0 Å². The van der Waals surface area contributed by atoms with Gasteiger partial charge in [-0.2, -0.15) is 5.26 Å². The number of nitriles is 1. The normalized spacial score (nSPS) is 10.0. The van der Waals surface area contributed by atoms with Crippen molar-refractivity contribution in [2.75, 3.05) is 0 Å². The fourth-order valence-electron chi connectivity index (χ4n) is 1.03. The van der Waals surface area contributed by atoms with Crippen LogP contribution in [0.1, 0.15) is 25.6 Å². The summed E-state index contributed by atoms with van der Waals surface area (Å²) in [5.41, 5.74) is 0. The monoisotopic (exact) mass is 149 g/mol. The third kappa shape index (κ3) is 1.58. The maximum absolute atomic E-state index is 8.45. The molecule has 0 amide bonds. The number of rotatable bonds is 2. The zero-order chi connectivity index (χ0) is 8.27. The first-order valence-electron chi connectivity index (χ1n) is 3.63. The van der Waals surface area contributed by atoms with Crippen molar-refractivity contribution in [2.24, 2.45) is 0 Å². The molecule has 0 saturated heterocycles. The second-order valence-corrected chi connectivity index (χ2v) is 2.73. The van der Waals surface area contributed by atoms with Crippen LogP contribution in [-0.2, 0) is 6.54 Å². The summed E-state index contributed by atoms with van der Waals surface area (Å²) in [7, 11) is 0. The van der Waals surface area contributed by atoms with E-state index in [0.29, 0.717) is 12.5 Å². The zero-order valence-corrected chi connectivity index (χ0v) is 6.78. The SMILES string of the molecule is CC(C)c1nccn1CC#N. The maximum Gasteiger partial charge on any atom is 0.112 e. The van der Waals surface area contributed by atoms with Crippen LogP contribution in [0.5, 0.6) is 0 Å². The Morgan fingerprint density at radius 3 is 3.00 bits per heavy atom. The zero-order valence-electron chi connectivity index (χ0n) is 6.78. The van der Waals surface area contributed by atoms with E-state index in [2.05, 4.69) is 24.9 Å². The summed E-state index contributed by atoms with van der Waals surface area (Å²) >= 11 is 0. The van der Waals surface area contributed by atoms with Gasteiger partial charge in [0.1, 0.15) is 12.4 Å². The maximum atomic E-state index is 8.45. The van der Waals surface area contributed by atoms with Crippen molar-refractivity contribution in [1.82, 2.24) is 9.55 Å². The summed E-state index contributed by atoms with van der Waals surface area (Å²) in [6, 6.07) is 2.09. The molecule has 11 heavy (non-hydrogen) atoms. The average Bonchev–Trinajstić information content (AvgIpc) is 2.36. The molecule has 1 aromatic heterocycles. The van der Waals surface area contributed by atoms with E-state index in [1.165, 1.54) is 0 Å². The molecule has 0 radical (unpaired) electrons. The van der Waals surface area contributed by atoms with Crippen LogP contribution in [-0.4, -0.2) is 9.55 Å². The van der Waals surface area contributed by atoms with Crippen molar-refractivity contribution in [3.05, 3.63) is 18.2 Å². The van der Waals surface area contributed by atoms with Gasteiger partial charge >= 0.3 is 0 Å². The van der Waals surface area contributed by atoms with Crippen molar-refractivity contribution >= 4 is 0 Å². The van der Waals surface area contributed by atoms with Gasteiger partial charge in [0, 0.05) is 18.3 Å². The highest BCUT2D eigenvalue weighted by Crippen LogP contribution is 2.10. The Bertz CT molecular complexity index is 267. The lowest BCUT2D eigenvalue weighted by Crippen LogP contribution is -2.02. The smallest absolute Gasteiger partial charge is 0.112 e. The molecule has 0 unspecified atom stereocenters. The lowest BCUT2D eigenvalue weighted by Gasteiger charge is -2.05. The van der Waals surface area contributed by atoms with Crippen LogP contribution in [0.2, 0.25) is 0 Å². The fourth-order valence-corrected chi connectivity index (χ4v) is 1.03. The second-order valence-electron chi connectivity index (χ2n) is 2.73. The molecular formula is C8H11N3. The summed E-state index contributed by atoms with van der Waals surface area (Å²) < 4.78 is 1.87. The van der Waals surface area contributed by atoms with Crippen molar-refractivity contribution in [1.29, 1.82) is 5.26 Å². The van der Waals surface area contributed by atoms with E-state index >= 15 is 0 Å². The highest BCUT2D eigenvalue weighted by molar-refractivity contribution is 4.99. The van der Waals surface area contributed by atoms with Gasteiger partial charge in [-0.1, -0.05) is 13.8 Å². The number of imidazole rings is 1. The molecule has 1 heterocycles. The molecule has 0 spiro atoms. The average molecular weight is 149 g/mol. The number of nitrogens with zero attached hydrogens (tertiary/aromatic N) is 3. The third-order valence-electron chi connectivity index (χ3n) is 1.51. The predicted octanol–water partition coefficient (Wildman–Crippen LogP) is 1.53. The first-order valence-corrected chi connectivity index (χ1v) is 3.63. The van der Waals surface area contributed by atoms with Crippen LogP contribution in [0, 0.1) is 11.3 Å². The molecule has 1 rings (SSSR count). The van der Waals surface area contributed by atoms with Gasteiger partial charge in [-0.05, 0) is 0 Å². The van der Waals surface area contributed by atoms with Crippen LogP contribution in [0.4, 0.5) is 0 Å². The minimum absolute atomic E-state index is 0.387. The van der Waals surface area contributed by atoms with E-state index in [1.54, 1.807) is 6.20 Å². The van der Waals surface area contributed by atoms with E-state index in [0.717, 1.165) is 5.82 Å². The summed E-state index contributed by atoms with van der Waals surface area (Å²) in [6.45, 7) is 4.53. The molecule has 3 heteroatoms. The minimum Gasteiger partial charge on any atom is -0.321 e. The second kappa shape index (κ2) is 3.20. The van der Waals surface area contributed by atoms with Gasteiger partial charge in [-0.15, -0.1) is 0 Å². The highest BCUT2D eigenvalue weighted by Gasteiger charge is 2.05. The van der Waals surface area contributed by atoms with Crippen LogP contribution < -0.4 is 0 Å². The Morgan fingerprint density at radius 2 is 2.45 bits per heavy atom. The number of aromatic nitrogens is 2. The number of hydrogen-bond donors (Lipinski definition) is 0. The molecule has 0 aliphatic rings. The molecule has 0 fully saturated rings. The molecule has 0 aliphatic carbocycles. The summed E-state index contributed by atoms with van der Waals surface area (Å²) in [5, 5.41) is 8.45. The van der Waals surface area contributed by atoms with E-state index in [1.807, 2.05) is 10.8 Å². The van der Waals surface area contributed by atoms with Crippen LogP contribution in [0.3, 0.4) is 0 Å². The molecule has 58 valence electrons. The Labute approximate surface area is 66.3 Å². The Kier molecular flexibility index (Phi) is 2.27. The lowest BCUT2D eigenvalue weighted by molar-refractivity contribution is 0.683. The summed E-state index contributed by atoms with van der Waals surface area (Å²) in [4.78, 5) is 4.15. The van der Waals surface area contributed by atoms with Crippen molar-refractivity contribution in [2.45, 2.75) is 26.3 Å². The molecule has 1 aromatic rings. The van der Waals surface area contributed by atoms with E-state index < -0.39 is 0 Å². The predicted molar refractivity (Wildman–Crippen MR) is 41.9 cm³/mol. The Morgan fingerprint density at radius 1 is 1.73 bits per heavy atom. The molecule has 0 aromatic carbocycles. The van der Waals surface area contributed by atoms with Crippen molar-refractivity contribution in [3.63, 3.8) is 0 Å². The Balaban J connectivity index is 2.89. The van der Waals surface area contributed by atoms with Gasteiger partial charge in [0.05, 0.1) is 6.07 Å². The van der Waals surface area contributed by atoms with E-state index in [9.17, 15) is 0 Å². The topological polar surface area (TPSA) is 41.6 Å². The summed E-state index contributed by atoms with van der Waals surface area (Å²) in [5.74, 6) is 1.37. The van der Waals surface area contributed by atoms with Crippen LogP contribution in [0.25, 0.3) is 0 Å². The lowest BCUT2D eigenvalue weighted by atomic mass is 10.2. The van der Waals surface area contributed by atoms with Gasteiger partial charge in [0.2, 0.25) is 0 Å². The Hall–Kier alpha value is -1.30. The van der Waals surface area contributed by atoms with Crippen LogP contribution >= 0.6 is 0 Å². The molecule has 0 aliphatic heterocycles. The molecule has 0 N–H and O–H groups in total. The van der Waals surface area contributed by atoms with Gasteiger partial charge in [-0.25, -0.2) is 4.98 Å². The van der Waals surface area contributed by atoms with Gasteiger partial charge in [-0.3, -0.25) is 0 Å². The van der Waals surface area contributed by atoms with Crippen LogP contribution in [0.15, 0.2) is 12.4 Å². The molecule has 0 saturated carbocycles. The van der Waals surface area contributed by atoms with E-state index in [4.69, 9.17) is 5.26 Å². The van der Waals surface area contributed by atoms with E-state index in [-0.39, 0.29) is 0 Å². The highest BCUT2D eigenvalue weighted by atomic mass is 15.1. The molecule has 0 atom stereocenters.